The summed E-state index contributed by atoms with van der Waals surface area (Å²) in [5, 5.41) is 10.4. The molecule has 0 bridgehead atoms. The van der Waals surface area contributed by atoms with Gasteiger partial charge in [-0.05, 0) is 53.8 Å². The molecule has 3 rings (SSSR count). The molecule has 0 unspecified atom stereocenters. The van der Waals surface area contributed by atoms with Crippen LogP contribution in [0.15, 0.2) is 84.3 Å². The Hall–Kier alpha value is -3.38. The summed E-state index contributed by atoms with van der Waals surface area (Å²) in [7, 11) is -3.61. The van der Waals surface area contributed by atoms with E-state index in [4.69, 9.17) is 0 Å². The number of hydrogen-bond donors (Lipinski definition) is 2. The first-order valence-corrected chi connectivity index (χ1v) is 10.6. The highest BCUT2D eigenvalue weighted by molar-refractivity contribution is 7.95. The maximum Gasteiger partial charge on any atom is 0.335 e. The molecule has 0 aliphatic carbocycles. The van der Waals surface area contributed by atoms with Crippen molar-refractivity contribution in [3.05, 3.63) is 107 Å². The molecule has 29 heavy (non-hydrogen) atoms. The highest BCUT2D eigenvalue weighted by Gasteiger charge is 2.09. The van der Waals surface area contributed by atoms with Gasteiger partial charge < -0.3 is 5.11 Å². The number of carbonyl (C=O) groups is 1. The molecule has 0 aromatic heterocycles. The molecular weight excluding hydrogens is 386 g/mol. The van der Waals surface area contributed by atoms with E-state index in [2.05, 4.69) is 4.72 Å². The van der Waals surface area contributed by atoms with Crippen LogP contribution in [0.4, 0.5) is 5.69 Å². The van der Waals surface area contributed by atoms with Crippen molar-refractivity contribution in [2.75, 3.05) is 4.72 Å². The zero-order chi connectivity index (χ0) is 20.7. The molecule has 0 saturated heterocycles. The van der Waals surface area contributed by atoms with Crippen LogP contribution in [0.3, 0.4) is 0 Å². The molecule has 0 amide bonds. The number of anilines is 1. The van der Waals surface area contributed by atoms with Crippen LogP contribution in [0.2, 0.25) is 0 Å². The van der Waals surface area contributed by atoms with Crippen LogP contribution in [0.1, 0.15) is 27.0 Å². The highest BCUT2D eigenvalue weighted by Crippen LogP contribution is 2.16. The topological polar surface area (TPSA) is 83.5 Å². The lowest BCUT2D eigenvalue weighted by atomic mass is 10.00. The van der Waals surface area contributed by atoms with Gasteiger partial charge in [0.25, 0.3) is 10.0 Å². The molecule has 0 heterocycles. The average molecular weight is 407 g/mol. The monoisotopic (exact) mass is 407 g/mol. The van der Waals surface area contributed by atoms with Gasteiger partial charge in [0.05, 0.1) is 11.0 Å². The fourth-order valence-corrected chi connectivity index (χ4v) is 3.76. The number of carboxylic acids is 1. The summed E-state index contributed by atoms with van der Waals surface area (Å²) in [5.74, 6) is -0.936. The summed E-state index contributed by atoms with van der Waals surface area (Å²) < 4.78 is 27.0. The Balaban J connectivity index is 1.62. The Labute approximate surface area is 170 Å². The van der Waals surface area contributed by atoms with E-state index >= 15 is 0 Å². The number of carboxylic acid groups (broad SMARTS) is 1. The number of aryl methyl sites for hydroxylation is 2. The Bertz CT molecular complexity index is 1110. The normalized spacial score (nSPS) is 11.4. The molecule has 0 spiro atoms. The third-order valence-electron chi connectivity index (χ3n) is 4.38. The van der Waals surface area contributed by atoms with E-state index < -0.39 is 16.0 Å². The summed E-state index contributed by atoms with van der Waals surface area (Å²) in [6.45, 7) is 0. The summed E-state index contributed by atoms with van der Waals surface area (Å²) in [6, 6.07) is 23.2. The number of sulfonamides is 1. The van der Waals surface area contributed by atoms with Gasteiger partial charge in [0.15, 0.2) is 0 Å². The standard InChI is InChI=1S/C23H21NO4S/c25-23(26)22-9-5-4-8-20(22)13-10-19-11-14-21(15-12-19)24-29(27,28)17-16-18-6-2-1-3-7-18/h1-9,11-12,14-17,24H,10,13H2,(H,25,26)/b17-16+. The van der Waals surface area contributed by atoms with E-state index in [1.54, 1.807) is 24.3 Å². The second-order valence-electron chi connectivity index (χ2n) is 6.52. The smallest absolute Gasteiger partial charge is 0.335 e. The minimum absolute atomic E-state index is 0.307. The van der Waals surface area contributed by atoms with Gasteiger partial charge in [-0.15, -0.1) is 0 Å². The molecule has 0 aliphatic rings. The number of aromatic carboxylic acids is 1. The Morgan fingerprint density at radius 2 is 1.52 bits per heavy atom. The number of nitrogens with one attached hydrogen (secondary N) is 1. The Morgan fingerprint density at radius 3 is 2.21 bits per heavy atom. The van der Waals surface area contributed by atoms with E-state index in [0.717, 1.165) is 22.1 Å². The zero-order valence-electron chi connectivity index (χ0n) is 15.7. The van der Waals surface area contributed by atoms with E-state index in [9.17, 15) is 18.3 Å². The molecule has 5 nitrogen and oxygen atoms in total. The molecule has 6 heteroatoms. The summed E-state index contributed by atoms with van der Waals surface area (Å²) >= 11 is 0. The zero-order valence-corrected chi connectivity index (χ0v) is 16.5. The van der Waals surface area contributed by atoms with E-state index in [1.807, 2.05) is 54.6 Å². The first-order valence-electron chi connectivity index (χ1n) is 9.09. The summed E-state index contributed by atoms with van der Waals surface area (Å²) in [6.07, 6.45) is 2.79. The fourth-order valence-electron chi connectivity index (χ4n) is 2.90. The van der Waals surface area contributed by atoms with Crippen molar-refractivity contribution in [1.29, 1.82) is 0 Å². The maximum absolute atomic E-state index is 12.2. The lowest BCUT2D eigenvalue weighted by molar-refractivity contribution is 0.0695. The Morgan fingerprint density at radius 1 is 0.862 bits per heavy atom. The molecule has 2 N–H and O–H groups in total. The minimum atomic E-state index is -3.61. The van der Waals surface area contributed by atoms with Crippen LogP contribution < -0.4 is 4.72 Å². The number of benzene rings is 3. The van der Waals surface area contributed by atoms with Crippen molar-refractivity contribution in [3.8, 4) is 0 Å². The quantitative estimate of drug-likeness (QED) is 0.572. The van der Waals surface area contributed by atoms with Crippen molar-refractivity contribution < 1.29 is 18.3 Å². The first kappa shape index (κ1) is 20.4. The lowest BCUT2D eigenvalue weighted by Crippen LogP contribution is -2.08. The van der Waals surface area contributed by atoms with Gasteiger partial charge in [-0.2, -0.15) is 0 Å². The maximum atomic E-state index is 12.2. The summed E-state index contributed by atoms with van der Waals surface area (Å²) in [5.41, 5.74) is 3.35. The van der Waals surface area contributed by atoms with Gasteiger partial charge in [0.1, 0.15) is 0 Å². The molecule has 148 valence electrons. The minimum Gasteiger partial charge on any atom is -0.478 e. The predicted octanol–water partition coefficient (Wildman–Crippen LogP) is 4.58. The molecule has 0 aliphatic heterocycles. The third-order valence-corrected chi connectivity index (χ3v) is 5.40. The van der Waals surface area contributed by atoms with Crippen LogP contribution >= 0.6 is 0 Å². The summed E-state index contributed by atoms with van der Waals surface area (Å²) in [4.78, 5) is 11.3. The SMILES string of the molecule is O=C(O)c1ccccc1CCc1ccc(NS(=O)(=O)/C=C/c2ccccc2)cc1. The van der Waals surface area contributed by atoms with Gasteiger partial charge in [0, 0.05) is 5.69 Å². The van der Waals surface area contributed by atoms with E-state index in [0.29, 0.717) is 24.1 Å². The number of rotatable bonds is 8. The third kappa shape index (κ3) is 6.05. The van der Waals surface area contributed by atoms with Crippen molar-refractivity contribution in [2.45, 2.75) is 12.8 Å². The van der Waals surface area contributed by atoms with Crippen LogP contribution in [-0.2, 0) is 22.9 Å². The molecule has 0 radical (unpaired) electrons. The average Bonchev–Trinajstić information content (AvgIpc) is 2.72. The van der Waals surface area contributed by atoms with E-state index in [-0.39, 0.29) is 0 Å². The fraction of sp³-hybridized carbons (Fsp3) is 0.0870. The lowest BCUT2D eigenvalue weighted by Gasteiger charge is -2.08. The van der Waals surface area contributed by atoms with Gasteiger partial charge in [-0.3, -0.25) is 4.72 Å². The molecule has 0 fully saturated rings. The second-order valence-corrected chi connectivity index (χ2v) is 8.09. The van der Waals surface area contributed by atoms with Crippen molar-refractivity contribution in [2.24, 2.45) is 0 Å². The first-order chi connectivity index (χ1) is 13.9. The van der Waals surface area contributed by atoms with E-state index in [1.165, 1.54) is 6.08 Å². The van der Waals surface area contributed by atoms with Crippen molar-refractivity contribution in [3.63, 3.8) is 0 Å². The predicted molar refractivity (Wildman–Crippen MR) is 115 cm³/mol. The molecule has 3 aromatic carbocycles. The van der Waals surface area contributed by atoms with Crippen LogP contribution in [0.5, 0.6) is 0 Å². The Kier molecular flexibility index (Phi) is 6.46. The molecule has 3 aromatic rings. The van der Waals surface area contributed by atoms with Gasteiger partial charge >= 0.3 is 5.97 Å². The highest BCUT2D eigenvalue weighted by atomic mass is 32.2. The van der Waals surface area contributed by atoms with Crippen LogP contribution in [0.25, 0.3) is 6.08 Å². The molecular formula is C23H21NO4S. The van der Waals surface area contributed by atoms with Gasteiger partial charge in [-0.1, -0.05) is 60.7 Å². The largest absolute Gasteiger partial charge is 0.478 e. The van der Waals surface area contributed by atoms with Gasteiger partial charge in [0.2, 0.25) is 0 Å². The molecule has 0 atom stereocenters. The van der Waals surface area contributed by atoms with Crippen molar-refractivity contribution >= 4 is 27.8 Å². The van der Waals surface area contributed by atoms with Gasteiger partial charge in [-0.25, -0.2) is 13.2 Å². The van der Waals surface area contributed by atoms with Crippen LogP contribution in [-0.4, -0.2) is 19.5 Å². The molecule has 0 saturated carbocycles. The number of hydrogen-bond acceptors (Lipinski definition) is 3. The van der Waals surface area contributed by atoms with Crippen molar-refractivity contribution in [1.82, 2.24) is 0 Å². The van der Waals surface area contributed by atoms with Crippen LogP contribution in [0, 0.1) is 0 Å². The second kappa shape index (κ2) is 9.21.